The predicted octanol–water partition coefficient (Wildman–Crippen LogP) is 0.837. The third-order valence-corrected chi connectivity index (χ3v) is 1.29. The fraction of sp³-hybridized carbons (Fsp3) is 0.857. The molecule has 0 fully saturated rings. The minimum atomic E-state index is -5.21. The van der Waals surface area contributed by atoms with Crippen LogP contribution in [-0.4, -0.2) is 36.3 Å². The van der Waals surface area contributed by atoms with Gasteiger partial charge in [0.1, 0.15) is 0 Å². The molecule has 1 N–H and O–H groups in total. The van der Waals surface area contributed by atoms with Crippen LogP contribution in [0.5, 0.6) is 0 Å². The van der Waals surface area contributed by atoms with E-state index in [1.165, 1.54) is 13.8 Å². The summed E-state index contributed by atoms with van der Waals surface area (Å²) >= 11 is 0. The van der Waals surface area contributed by atoms with Crippen LogP contribution in [0.3, 0.4) is 0 Å². The molecule has 0 aliphatic heterocycles. The molecular formula is C7H11F3O4. The SMILES string of the molecule is CCOC(=O)C(O)(OCC)C(F)(F)F. The van der Waals surface area contributed by atoms with Crippen molar-refractivity contribution in [2.75, 3.05) is 13.2 Å². The second-order valence-electron chi connectivity index (χ2n) is 2.30. The molecule has 0 rings (SSSR count). The summed E-state index contributed by atoms with van der Waals surface area (Å²) in [5, 5.41) is 8.93. The van der Waals surface area contributed by atoms with Gasteiger partial charge in [-0.3, -0.25) is 0 Å². The van der Waals surface area contributed by atoms with Gasteiger partial charge in [-0.25, -0.2) is 4.79 Å². The molecule has 0 saturated heterocycles. The molecule has 0 aliphatic rings. The van der Waals surface area contributed by atoms with Gasteiger partial charge in [0.15, 0.2) is 0 Å². The van der Waals surface area contributed by atoms with E-state index in [1.807, 2.05) is 0 Å². The number of hydrogen-bond acceptors (Lipinski definition) is 4. The van der Waals surface area contributed by atoms with Crippen LogP contribution < -0.4 is 0 Å². The lowest BCUT2D eigenvalue weighted by Gasteiger charge is -2.26. The van der Waals surface area contributed by atoms with Crippen LogP contribution >= 0.6 is 0 Å². The molecule has 0 saturated carbocycles. The van der Waals surface area contributed by atoms with Crippen molar-refractivity contribution in [1.82, 2.24) is 0 Å². The number of hydrogen-bond donors (Lipinski definition) is 1. The average Bonchev–Trinajstić information content (AvgIpc) is 2.03. The van der Waals surface area contributed by atoms with E-state index >= 15 is 0 Å². The smallest absolute Gasteiger partial charge is 0.455 e. The van der Waals surface area contributed by atoms with Crippen LogP contribution in [0.15, 0.2) is 0 Å². The maximum Gasteiger partial charge on any atom is 0.455 e. The van der Waals surface area contributed by atoms with Crippen molar-refractivity contribution in [3.8, 4) is 0 Å². The number of ether oxygens (including phenoxy) is 2. The number of halogens is 3. The molecule has 0 aromatic heterocycles. The van der Waals surface area contributed by atoms with Gasteiger partial charge in [-0.1, -0.05) is 0 Å². The van der Waals surface area contributed by atoms with Gasteiger partial charge in [0.25, 0.3) is 0 Å². The van der Waals surface area contributed by atoms with E-state index in [4.69, 9.17) is 5.11 Å². The first-order valence-corrected chi connectivity index (χ1v) is 3.89. The summed E-state index contributed by atoms with van der Waals surface area (Å²) in [6.07, 6.45) is -5.21. The fourth-order valence-corrected chi connectivity index (χ4v) is 0.694. The highest BCUT2D eigenvalue weighted by atomic mass is 19.4. The molecule has 0 spiro atoms. The normalized spacial score (nSPS) is 16.1. The molecule has 0 heterocycles. The van der Waals surface area contributed by atoms with Gasteiger partial charge in [0, 0.05) is 6.61 Å². The van der Waals surface area contributed by atoms with E-state index < -0.39 is 24.5 Å². The molecule has 14 heavy (non-hydrogen) atoms. The Morgan fingerprint density at radius 1 is 1.29 bits per heavy atom. The van der Waals surface area contributed by atoms with E-state index in [2.05, 4.69) is 9.47 Å². The Labute approximate surface area is 78.6 Å². The van der Waals surface area contributed by atoms with Crippen LogP contribution in [0.2, 0.25) is 0 Å². The highest BCUT2D eigenvalue weighted by Crippen LogP contribution is 2.32. The summed E-state index contributed by atoms with van der Waals surface area (Å²) in [7, 11) is 0. The average molecular weight is 216 g/mol. The maximum absolute atomic E-state index is 12.2. The Morgan fingerprint density at radius 2 is 1.79 bits per heavy atom. The second-order valence-corrected chi connectivity index (χ2v) is 2.30. The zero-order valence-electron chi connectivity index (χ0n) is 7.72. The van der Waals surface area contributed by atoms with E-state index in [0.717, 1.165) is 0 Å². The fourth-order valence-electron chi connectivity index (χ4n) is 0.694. The Bertz CT molecular complexity index is 204. The summed E-state index contributed by atoms with van der Waals surface area (Å²) in [6, 6.07) is 0. The molecule has 0 radical (unpaired) electrons. The third-order valence-electron chi connectivity index (χ3n) is 1.29. The van der Waals surface area contributed by atoms with E-state index in [1.54, 1.807) is 0 Å². The number of esters is 1. The van der Waals surface area contributed by atoms with Crippen LogP contribution in [0, 0.1) is 0 Å². The van der Waals surface area contributed by atoms with Crippen LogP contribution in [-0.2, 0) is 14.3 Å². The van der Waals surface area contributed by atoms with Crippen molar-refractivity contribution in [3.05, 3.63) is 0 Å². The quantitative estimate of drug-likeness (QED) is 0.558. The summed E-state index contributed by atoms with van der Waals surface area (Å²) < 4.78 is 44.6. The molecule has 0 bridgehead atoms. The molecule has 1 atom stereocenters. The Kier molecular flexibility index (Phi) is 4.34. The predicted molar refractivity (Wildman–Crippen MR) is 39.3 cm³/mol. The molecule has 1 unspecified atom stereocenters. The standard InChI is InChI=1S/C7H11F3O4/c1-3-13-5(11)6(12,14-4-2)7(8,9)10/h12H,3-4H2,1-2H3. The Hall–Kier alpha value is -0.820. The van der Waals surface area contributed by atoms with Crippen LogP contribution in [0.25, 0.3) is 0 Å². The zero-order chi connectivity index (χ0) is 11.4. The van der Waals surface area contributed by atoms with Crippen molar-refractivity contribution < 1.29 is 32.5 Å². The van der Waals surface area contributed by atoms with Gasteiger partial charge in [0.2, 0.25) is 0 Å². The zero-order valence-corrected chi connectivity index (χ0v) is 7.72. The van der Waals surface area contributed by atoms with Crippen LogP contribution in [0.1, 0.15) is 13.8 Å². The first-order valence-electron chi connectivity index (χ1n) is 3.89. The lowest BCUT2D eigenvalue weighted by atomic mass is 10.3. The minimum Gasteiger partial charge on any atom is -0.462 e. The molecule has 0 aromatic rings. The van der Waals surface area contributed by atoms with Gasteiger partial charge in [-0.05, 0) is 13.8 Å². The molecule has 84 valence electrons. The van der Waals surface area contributed by atoms with Crippen molar-refractivity contribution in [1.29, 1.82) is 0 Å². The lowest BCUT2D eigenvalue weighted by Crippen LogP contribution is -2.55. The largest absolute Gasteiger partial charge is 0.462 e. The molecule has 7 heteroatoms. The molecule has 0 aromatic carbocycles. The molecule has 0 amide bonds. The highest BCUT2D eigenvalue weighted by Gasteiger charge is 2.62. The molecule has 4 nitrogen and oxygen atoms in total. The summed E-state index contributed by atoms with van der Waals surface area (Å²) in [5.74, 6) is -5.72. The third kappa shape index (κ3) is 2.58. The van der Waals surface area contributed by atoms with Crippen molar-refractivity contribution >= 4 is 5.97 Å². The number of alkyl halides is 3. The van der Waals surface area contributed by atoms with E-state index in [0.29, 0.717) is 0 Å². The monoisotopic (exact) mass is 216 g/mol. The van der Waals surface area contributed by atoms with Crippen molar-refractivity contribution in [3.63, 3.8) is 0 Å². The maximum atomic E-state index is 12.2. The first kappa shape index (κ1) is 13.2. The number of carbonyl (C=O) groups is 1. The Morgan fingerprint density at radius 3 is 2.07 bits per heavy atom. The van der Waals surface area contributed by atoms with Crippen molar-refractivity contribution in [2.24, 2.45) is 0 Å². The summed E-state index contributed by atoms with van der Waals surface area (Å²) in [4.78, 5) is 10.8. The van der Waals surface area contributed by atoms with E-state index in [-0.39, 0.29) is 6.61 Å². The minimum absolute atomic E-state index is 0.274. The van der Waals surface area contributed by atoms with E-state index in [9.17, 15) is 18.0 Å². The summed E-state index contributed by atoms with van der Waals surface area (Å²) in [6.45, 7) is 1.80. The molecular weight excluding hydrogens is 205 g/mol. The number of carbonyl (C=O) groups excluding carboxylic acids is 1. The Balaban J connectivity index is 4.80. The van der Waals surface area contributed by atoms with Gasteiger partial charge >= 0.3 is 17.9 Å². The summed E-state index contributed by atoms with van der Waals surface area (Å²) in [5.41, 5.74) is 0. The van der Waals surface area contributed by atoms with Gasteiger partial charge in [-0.15, -0.1) is 0 Å². The lowest BCUT2D eigenvalue weighted by molar-refractivity contribution is -0.351. The molecule has 0 aliphatic carbocycles. The van der Waals surface area contributed by atoms with Crippen molar-refractivity contribution in [2.45, 2.75) is 25.8 Å². The van der Waals surface area contributed by atoms with Gasteiger partial charge in [0.05, 0.1) is 6.61 Å². The number of aliphatic hydroxyl groups is 1. The number of rotatable bonds is 4. The van der Waals surface area contributed by atoms with Gasteiger partial charge in [-0.2, -0.15) is 13.2 Å². The first-order chi connectivity index (χ1) is 6.29. The second kappa shape index (κ2) is 4.61. The van der Waals surface area contributed by atoms with Crippen LogP contribution in [0.4, 0.5) is 13.2 Å². The highest BCUT2D eigenvalue weighted by molar-refractivity contribution is 5.78. The van der Waals surface area contributed by atoms with Gasteiger partial charge < -0.3 is 14.6 Å². The topological polar surface area (TPSA) is 55.8 Å².